The van der Waals surface area contributed by atoms with Crippen molar-refractivity contribution in [2.24, 2.45) is 16.6 Å². The van der Waals surface area contributed by atoms with Crippen LogP contribution in [0.4, 0.5) is 13.2 Å². The van der Waals surface area contributed by atoms with Gasteiger partial charge in [0, 0.05) is 12.1 Å². The summed E-state index contributed by atoms with van der Waals surface area (Å²) in [4.78, 5) is 4.10. The van der Waals surface area contributed by atoms with Gasteiger partial charge >= 0.3 is 6.18 Å². The highest BCUT2D eigenvalue weighted by Gasteiger charge is 2.35. The molecule has 0 bridgehead atoms. The van der Waals surface area contributed by atoms with Gasteiger partial charge in [-0.1, -0.05) is 12.7 Å². The van der Waals surface area contributed by atoms with Crippen LogP contribution in [0.5, 0.6) is 5.75 Å². The van der Waals surface area contributed by atoms with Gasteiger partial charge in [-0.2, -0.15) is 13.2 Å². The molecule has 1 saturated carbocycles. The molecule has 1 aromatic rings. The van der Waals surface area contributed by atoms with Gasteiger partial charge in [0.25, 0.3) is 0 Å². The summed E-state index contributed by atoms with van der Waals surface area (Å²) < 4.78 is 44.9. The van der Waals surface area contributed by atoms with E-state index in [0.717, 1.165) is 30.7 Å². The van der Waals surface area contributed by atoms with Crippen LogP contribution in [-0.2, 0) is 6.18 Å². The van der Waals surface area contributed by atoms with Gasteiger partial charge in [-0.3, -0.25) is 10.4 Å². The molecule has 4 nitrogen and oxygen atoms in total. The Morgan fingerprint density at radius 1 is 1.46 bits per heavy atom. The number of nitrogens with one attached hydrogen (secondary N) is 1. The van der Waals surface area contributed by atoms with Gasteiger partial charge in [-0.05, 0) is 48.7 Å². The fourth-order valence-electron chi connectivity index (χ4n) is 1.91. The summed E-state index contributed by atoms with van der Waals surface area (Å²) in [6, 6.07) is 3.48. The number of hydrogen-bond donors (Lipinski definition) is 2. The average molecular weight is 357 g/mol. The SMILES string of the molecule is C=CCOc1ccc(C(=N)SC(N)=NCC2CC2)c(C(F)(F)F)c1. The summed E-state index contributed by atoms with van der Waals surface area (Å²) in [7, 11) is 0. The maximum atomic E-state index is 13.3. The average Bonchev–Trinajstić information content (AvgIpc) is 3.34. The third-order valence-electron chi connectivity index (χ3n) is 3.32. The Morgan fingerprint density at radius 3 is 2.75 bits per heavy atom. The van der Waals surface area contributed by atoms with Crippen molar-refractivity contribution < 1.29 is 17.9 Å². The molecule has 1 aliphatic carbocycles. The standard InChI is InChI=1S/C16H18F3N3OS/c1-2-7-23-11-5-6-12(13(8-11)16(17,18)19)14(20)24-15(21)22-9-10-3-4-10/h2,5-6,8,10,20H,1,3-4,7,9H2,(H2,21,22). The van der Waals surface area contributed by atoms with Gasteiger partial charge in [-0.15, -0.1) is 0 Å². The van der Waals surface area contributed by atoms with Crippen molar-refractivity contribution in [3.05, 3.63) is 42.0 Å². The van der Waals surface area contributed by atoms with Crippen LogP contribution >= 0.6 is 11.8 Å². The summed E-state index contributed by atoms with van der Waals surface area (Å²) in [5, 5.41) is 7.74. The zero-order valence-corrected chi connectivity index (χ0v) is 13.7. The van der Waals surface area contributed by atoms with Crippen LogP contribution in [0.1, 0.15) is 24.0 Å². The molecule has 8 heteroatoms. The Labute approximate surface area is 142 Å². The van der Waals surface area contributed by atoms with Crippen molar-refractivity contribution >= 4 is 22.0 Å². The normalized spacial score (nSPS) is 15.2. The van der Waals surface area contributed by atoms with Crippen LogP contribution < -0.4 is 10.5 Å². The molecule has 130 valence electrons. The number of rotatable bonds is 6. The van der Waals surface area contributed by atoms with Gasteiger partial charge in [0.05, 0.1) is 5.56 Å². The Hall–Kier alpha value is -1.96. The lowest BCUT2D eigenvalue weighted by atomic mass is 10.1. The Balaban J connectivity index is 2.18. The fraction of sp³-hybridized carbons (Fsp3) is 0.375. The van der Waals surface area contributed by atoms with Crippen molar-refractivity contribution in [3.8, 4) is 5.75 Å². The van der Waals surface area contributed by atoms with E-state index in [0.29, 0.717) is 12.5 Å². The van der Waals surface area contributed by atoms with Crippen LogP contribution in [-0.4, -0.2) is 23.4 Å². The largest absolute Gasteiger partial charge is 0.490 e. The quantitative estimate of drug-likeness (QED) is 0.458. The number of hydrogen-bond acceptors (Lipinski definition) is 4. The van der Waals surface area contributed by atoms with E-state index in [1.807, 2.05) is 0 Å². The predicted molar refractivity (Wildman–Crippen MR) is 90.8 cm³/mol. The predicted octanol–water partition coefficient (Wildman–Crippen LogP) is 4.05. The lowest BCUT2D eigenvalue weighted by Crippen LogP contribution is -2.16. The number of ether oxygens (including phenoxy) is 1. The minimum absolute atomic E-state index is 0.0687. The van der Waals surface area contributed by atoms with Crippen LogP contribution in [0.3, 0.4) is 0 Å². The molecule has 1 aliphatic rings. The molecule has 0 atom stereocenters. The number of alkyl halides is 3. The summed E-state index contributed by atoms with van der Waals surface area (Å²) in [6.45, 7) is 4.11. The van der Waals surface area contributed by atoms with Crippen molar-refractivity contribution in [1.82, 2.24) is 0 Å². The van der Waals surface area contributed by atoms with E-state index in [1.54, 1.807) is 0 Å². The number of benzene rings is 1. The molecule has 0 unspecified atom stereocenters. The summed E-state index contributed by atoms with van der Waals surface area (Å²) in [5.74, 6) is 0.588. The smallest absolute Gasteiger partial charge is 0.417 e. The van der Waals surface area contributed by atoms with E-state index in [4.69, 9.17) is 15.9 Å². The third kappa shape index (κ3) is 5.30. The molecule has 0 heterocycles. The highest BCUT2D eigenvalue weighted by molar-refractivity contribution is 8.26. The first-order valence-electron chi connectivity index (χ1n) is 7.33. The lowest BCUT2D eigenvalue weighted by molar-refractivity contribution is -0.137. The van der Waals surface area contributed by atoms with E-state index in [9.17, 15) is 13.2 Å². The van der Waals surface area contributed by atoms with Gasteiger partial charge in [0.1, 0.15) is 17.4 Å². The van der Waals surface area contributed by atoms with Gasteiger partial charge in [0.2, 0.25) is 0 Å². The molecule has 0 aromatic heterocycles. The number of halogens is 3. The summed E-state index contributed by atoms with van der Waals surface area (Å²) >= 11 is 0.731. The molecule has 2 rings (SSSR count). The second-order valence-electron chi connectivity index (χ2n) is 5.36. The van der Waals surface area contributed by atoms with Crippen molar-refractivity contribution in [2.45, 2.75) is 19.0 Å². The maximum Gasteiger partial charge on any atom is 0.417 e. The van der Waals surface area contributed by atoms with Gasteiger partial charge < -0.3 is 10.5 Å². The van der Waals surface area contributed by atoms with Gasteiger partial charge in [0.15, 0.2) is 5.17 Å². The summed E-state index contributed by atoms with van der Waals surface area (Å²) in [6.07, 6.45) is -0.960. The highest BCUT2D eigenvalue weighted by atomic mass is 32.2. The minimum atomic E-state index is -4.60. The van der Waals surface area contributed by atoms with E-state index < -0.39 is 11.7 Å². The monoisotopic (exact) mass is 357 g/mol. The van der Waals surface area contributed by atoms with E-state index >= 15 is 0 Å². The van der Waals surface area contributed by atoms with Crippen molar-refractivity contribution in [2.75, 3.05) is 13.2 Å². The number of thioether (sulfide) groups is 1. The van der Waals surface area contributed by atoms with Crippen LogP contribution in [0.25, 0.3) is 0 Å². The second-order valence-corrected chi connectivity index (χ2v) is 6.39. The fourth-order valence-corrected chi connectivity index (χ4v) is 2.55. The van der Waals surface area contributed by atoms with Gasteiger partial charge in [-0.25, -0.2) is 0 Å². The number of amidine groups is 1. The molecule has 0 spiro atoms. The molecule has 0 radical (unpaired) electrons. The van der Waals surface area contributed by atoms with E-state index in [2.05, 4.69) is 11.6 Å². The molecule has 24 heavy (non-hydrogen) atoms. The highest BCUT2D eigenvalue weighted by Crippen LogP contribution is 2.36. The maximum absolute atomic E-state index is 13.3. The lowest BCUT2D eigenvalue weighted by Gasteiger charge is -2.15. The first-order valence-corrected chi connectivity index (χ1v) is 8.14. The molecule has 1 aromatic carbocycles. The first kappa shape index (κ1) is 18.4. The topological polar surface area (TPSA) is 71.5 Å². The van der Waals surface area contributed by atoms with Crippen molar-refractivity contribution in [3.63, 3.8) is 0 Å². The molecule has 0 saturated heterocycles. The van der Waals surface area contributed by atoms with Crippen molar-refractivity contribution in [1.29, 1.82) is 5.41 Å². The van der Waals surface area contributed by atoms with Crippen LogP contribution in [0.2, 0.25) is 0 Å². The second kappa shape index (κ2) is 7.74. The number of aliphatic imine (C=N–C) groups is 1. The molecule has 3 N–H and O–H groups in total. The molecule has 1 fully saturated rings. The third-order valence-corrected chi connectivity index (χ3v) is 4.08. The first-order chi connectivity index (χ1) is 11.3. The molecular weight excluding hydrogens is 339 g/mol. The number of nitrogens with two attached hydrogens (primary N) is 1. The Bertz CT molecular complexity index is 654. The summed E-state index contributed by atoms with van der Waals surface area (Å²) in [5.41, 5.74) is 4.52. The zero-order chi connectivity index (χ0) is 17.7. The van der Waals surface area contributed by atoms with Crippen LogP contribution in [0, 0.1) is 11.3 Å². The Kier molecular flexibility index (Phi) is 5.93. The zero-order valence-electron chi connectivity index (χ0n) is 12.9. The molecule has 0 amide bonds. The molecular formula is C16H18F3N3OS. The van der Waals surface area contributed by atoms with E-state index in [-0.39, 0.29) is 28.1 Å². The van der Waals surface area contributed by atoms with Crippen LogP contribution in [0.15, 0.2) is 35.8 Å². The Morgan fingerprint density at radius 2 is 2.17 bits per heavy atom. The number of nitrogens with zero attached hydrogens (tertiary/aromatic N) is 1. The van der Waals surface area contributed by atoms with E-state index in [1.165, 1.54) is 18.2 Å². The minimum Gasteiger partial charge on any atom is -0.490 e. The molecule has 0 aliphatic heterocycles.